The van der Waals surface area contributed by atoms with E-state index in [9.17, 15) is 8.78 Å². The fraction of sp³-hybridized carbons (Fsp3) is 0.400. The summed E-state index contributed by atoms with van der Waals surface area (Å²) in [4.78, 5) is 0. The lowest BCUT2D eigenvalue weighted by Gasteiger charge is -2.13. The lowest BCUT2D eigenvalue weighted by atomic mass is 10.1. The Morgan fingerprint density at radius 2 is 1.86 bits per heavy atom. The first-order chi connectivity index (χ1) is 6.59. The molecule has 78 valence electrons. The van der Waals surface area contributed by atoms with Crippen LogP contribution in [0.25, 0.3) is 0 Å². The van der Waals surface area contributed by atoms with Crippen LogP contribution in [0.4, 0.5) is 8.78 Å². The Bertz CT molecular complexity index is 274. The number of hydrogen-bond donors (Lipinski definition) is 1. The van der Waals surface area contributed by atoms with Crippen molar-refractivity contribution in [3.05, 3.63) is 34.3 Å². The van der Waals surface area contributed by atoms with Crippen molar-refractivity contribution in [2.75, 3.05) is 6.54 Å². The van der Waals surface area contributed by atoms with Crippen molar-refractivity contribution in [3.63, 3.8) is 0 Å². The highest BCUT2D eigenvalue weighted by Gasteiger charge is 2.07. The van der Waals surface area contributed by atoms with Gasteiger partial charge in [0.1, 0.15) is 0 Å². The zero-order chi connectivity index (χ0) is 10.6. The third-order valence-electron chi connectivity index (χ3n) is 1.95. The lowest BCUT2D eigenvalue weighted by Crippen LogP contribution is -2.24. The SMILES string of the molecule is C[C@H](NCC(F)F)c1ccc(Br)cc1. The van der Waals surface area contributed by atoms with Crippen LogP contribution in [-0.2, 0) is 0 Å². The van der Waals surface area contributed by atoms with Crippen molar-refractivity contribution >= 4 is 15.9 Å². The summed E-state index contributed by atoms with van der Waals surface area (Å²) < 4.78 is 24.8. The molecule has 1 rings (SSSR count). The summed E-state index contributed by atoms with van der Waals surface area (Å²) in [5.41, 5.74) is 1.01. The quantitative estimate of drug-likeness (QED) is 0.879. The third kappa shape index (κ3) is 3.72. The summed E-state index contributed by atoms with van der Waals surface area (Å²) in [5, 5.41) is 2.75. The van der Waals surface area contributed by atoms with Crippen LogP contribution in [0, 0.1) is 0 Å². The largest absolute Gasteiger partial charge is 0.305 e. The maximum atomic E-state index is 11.9. The van der Waals surface area contributed by atoms with Crippen LogP contribution in [0.15, 0.2) is 28.7 Å². The molecular weight excluding hydrogens is 252 g/mol. The summed E-state index contributed by atoms with van der Waals surface area (Å²) in [6, 6.07) is 7.57. The highest BCUT2D eigenvalue weighted by Crippen LogP contribution is 2.16. The zero-order valence-electron chi connectivity index (χ0n) is 7.81. The van der Waals surface area contributed by atoms with Gasteiger partial charge in [0.25, 0.3) is 6.43 Å². The monoisotopic (exact) mass is 263 g/mol. The molecule has 0 aliphatic rings. The molecule has 0 bridgehead atoms. The van der Waals surface area contributed by atoms with Crippen molar-refractivity contribution in [1.29, 1.82) is 0 Å². The minimum Gasteiger partial charge on any atom is -0.305 e. The molecule has 0 saturated heterocycles. The van der Waals surface area contributed by atoms with Gasteiger partial charge in [0.15, 0.2) is 0 Å². The van der Waals surface area contributed by atoms with E-state index in [-0.39, 0.29) is 12.6 Å². The molecule has 1 N–H and O–H groups in total. The van der Waals surface area contributed by atoms with Crippen LogP contribution in [0.5, 0.6) is 0 Å². The average molecular weight is 264 g/mol. The van der Waals surface area contributed by atoms with E-state index in [0.29, 0.717) is 0 Å². The number of benzene rings is 1. The molecule has 1 atom stereocenters. The van der Waals surface area contributed by atoms with Crippen molar-refractivity contribution in [2.24, 2.45) is 0 Å². The molecule has 0 radical (unpaired) electrons. The van der Waals surface area contributed by atoms with Crippen LogP contribution in [0.1, 0.15) is 18.5 Å². The molecular formula is C10H12BrF2N. The molecule has 0 aliphatic heterocycles. The molecule has 14 heavy (non-hydrogen) atoms. The van der Waals surface area contributed by atoms with Gasteiger partial charge < -0.3 is 5.32 Å². The Hall–Kier alpha value is -0.480. The zero-order valence-corrected chi connectivity index (χ0v) is 9.39. The summed E-state index contributed by atoms with van der Waals surface area (Å²) >= 11 is 3.32. The molecule has 0 amide bonds. The molecule has 0 fully saturated rings. The number of hydrogen-bond acceptors (Lipinski definition) is 1. The lowest BCUT2D eigenvalue weighted by molar-refractivity contribution is 0.142. The minimum atomic E-state index is -2.30. The van der Waals surface area contributed by atoms with Gasteiger partial charge in [0, 0.05) is 10.5 Å². The van der Waals surface area contributed by atoms with E-state index in [2.05, 4.69) is 21.2 Å². The summed E-state index contributed by atoms with van der Waals surface area (Å²) in [5.74, 6) is 0. The van der Waals surface area contributed by atoms with Gasteiger partial charge in [0.05, 0.1) is 6.54 Å². The first-order valence-electron chi connectivity index (χ1n) is 4.36. The third-order valence-corrected chi connectivity index (χ3v) is 2.48. The Labute approximate surface area is 90.6 Å². The summed E-state index contributed by atoms with van der Waals surface area (Å²) in [6.45, 7) is 1.60. The van der Waals surface area contributed by atoms with E-state index in [4.69, 9.17) is 0 Å². The van der Waals surface area contributed by atoms with E-state index in [1.54, 1.807) is 0 Å². The van der Waals surface area contributed by atoms with Crippen molar-refractivity contribution in [3.8, 4) is 0 Å². The van der Waals surface area contributed by atoms with Crippen LogP contribution in [0.2, 0.25) is 0 Å². The number of halogens is 3. The van der Waals surface area contributed by atoms with E-state index in [1.807, 2.05) is 31.2 Å². The van der Waals surface area contributed by atoms with Gasteiger partial charge >= 0.3 is 0 Å². The number of alkyl halides is 2. The van der Waals surface area contributed by atoms with Crippen molar-refractivity contribution in [2.45, 2.75) is 19.4 Å². The number of nitrogens with one attached hydrogen (secondary N) is 1. The standard InChI is InChI=1S/C10H12BrF2N/c1-7(14-6-10(12)13)8-2-4-9(11)5-3-8/h2-5,7,10,14H,6H2,1H3/t7-/m0/s1. The maximum absolute atomic E-state index is 11.9. The summed E-state index contributed by atoms with van der Waals surface area (Å²) in [6.07, 6.45) is -2.30. The highest BCUT2D eigenvalue weighted by atomic mass is 79.9. The van der Waals surface area contributed by atoms with Gasteiger partial charge in [0.2, 0.25) is 0 Å². The molecule has 0 aliphatic carbocycles. The second-order valence-electron chi connectivity index (χ2n) is 3.07. The molecule has 0 spiro atoms. The molecule has 0 saturated carbocycles. The van der Waals surface area contributed by atoms with Crippen LogP contribution in [-0.4, -0.2) is 13.0 Å². The fourth-order valence-electron chi connectivity index (χ4n) is 1.14. The van der Waals surface area contributed by atoms with E-state index >= 15 is 0 Å². The van der Waals surface area contributed by atoms with Gasteiger partial charge in [-0.3, -0.25) is 0 Å². The average Bonchev–Trinajstić information content (AvgIpc) is 2.15. The van der Waals surface area contributed by atoms with E-state index < -0.39 is 6.43 Å². The Morgan fingerprint density at radius 3 is 2.36 bits per heavy atom. The predicted octanol–water partition coefficient (Wildman–Crippen LogP) is 3.36. The minimum absolute atomic E-state index is 0.0444. The maximum Gasteiger partial charge on any atom is 0.250 e. The van der Waals surface area contributed by atoms with Crippen LogP contribution in [0.3, 0.4) is 0 Å². The van der Waals surface area contributed by atoms with Gasteiger partial charge in [-0.2, -0.15) is 0 Å². The molecule has 1 aromatic carbocycles. The Morgan fingerprint density at radius 1 is 1.29 bits per heavy atom. The van der Waals surface area contributed by atoms with Gasteiger partial charge in [-0.15, -0.1) is 0 Å². The van der Waals surface area contributed by atoms with E-state index in [1.165, 1.54) is 0 Å². The second kappa shape index (κ2) is 5.41. The van der Waals surface area contributed by atoms with Crippen molar-refractivity contribution in [1.82, 2.24) is 5.32 Å². The van der Waals surface area contributed by atoms with Gasteiger partial charge in [-0.1, -0.05) is 28.1 Å². The first kappa shape index (κ1) is 11.6. The molecule has 0 aromatic heterocycles. The van der Waals surface area contributed by atoms with Gasteiger partial charge in [-0.25, -0.2) is 8.78 Å². The molecule has 0 unspecified atom stereocenters. The molecule has 1 aromatic rings. The highest BCUT2D eigenvalue weighted by molar-refractivity contribution is 9.10. The molecule has 0 heterocycles. The predicted molar refractivity (Wildman–Crippen MR) is 56.6 cm³/mol. The smallest absolute Gasteiger partial charge is 0.250 e. The Balaban J connectivity index is 2.52. The summed E-state index contributed by atoms with van der Waals surface area (Å²) in [7, 11) is 0. The topological polar surface area (TPSA) is 12.0 Å². The number of rotatable bonds is 4. The van der Waals surface area contributed by atoms with Crippen LogP contribution >= 0.6 is 15.9 Å². The van der Waals surface area contributed by atoms with Crippen LogP contribution < -0.4 is 5.32 Å². The first-order valence-corrected chi connectivity index (χ1v) is 5.16. The Kier molecular flexibility index (Phi) is 4.48. The van der Waals surface area contributed by atoms with E-state index in [0.717, 1.165) is 10.0 Å². The van der Waals surface area contributed by atoms with Crippen molar-refractivity contribution < 1.29 is 8.78 Å². The normalized spacial score (nSPS) is 13.2. The fourth-order valence-corrected chi connectivity index (χ4v) is 1.40. The second-order valence-corrected chi connectivity index (χ2v) is 3.99. The van der Waals surface area contributed by atoms with Gasteiger partial charge in [-0.05, 0) is 24.6 Å². The molecule has 4 heteroatoms. The molecule has 1 nitrogen and oxygen atoms in total.